The van der Waals surface area contributed by atoms with E-state index < -0.39 is 0 Å². The van der Waals surface area contributed by atoms with Crippen molar-refractivity contribution in [1.82, 2.24) is 24.3 Å². The van der Waals surface area contributed by atoms with Crippen LogP contribution in [0.3, 0.4) is 0 Å². The van der Waals surface area contributed by atoms with Gasteiger partial charge < -0.3 is 4.90 Å². The lowest BCUT2D eigenvalue weighted by Crippen LogP contribution is -2.36. The van der Waals surface area contributed by atoms with Crippen molar-refractivity contribution in [2.45, 2.75) is 18.9 Å². The number of likely N-dealkylation sites (tertiary alicyclic amines) is 1. The van der Waals surface area contributed by atoms with Crippen LogP contribution in [-0.4, -0.2) is 44.4 Å². The lowest BCUT2D eigenvalue weighted by molar-refractivity contribution is 0.208. The highest BCUT2D eigenvalue weighted by Crippen LogP contribution is 2.27. The van der Waals surface area contributed by atoms with Gasteiger partial charge in [-0.3, -0.25) is 4.79 Å². The summed E-state index contributed by atoms with van der Waals surface area (Å²) in [7, 11) is 2.12. The number of hydrogen-bond acceptors (Lipinski definition) is 4. The number of fused-ring (bicyclic) bond motifs is 1. The summed E-state index contributed by atoms with van der Waals surface area (Å²) in [5.74, 6) is 0. The van der Waals surface area contributed by atoms with Gasteiger partial charge in [-0.1, -0.05) is 30.3 Å². The first kappa shape index (κ1) is 17.8. The molecule has 3 aromatic heterocycles. The number of benzene rings is 1. The van der Waals surface area contributed by atoms with Gasteiger partial charge >= 0.3 is 0 Å². The number of nitrogens with zero attached hydrogens (tertiary/aromatic N) is 5. The van der Waals surface area contributed by atoms with E-state index in [0.717, 1.165) is 54.0 Å². The van der Waals surface area contributed by atoms with Gasteiger partial charge in [0.15, 0.2) is 0 Å². The summed E-state index contributed by atoms with van der Waals surface area (Å²) in [5.41, 5.74) is 4.71. The summed E-state index contributed by atoms with van der Waals surface area (Å²) in [6.07, 6.45) is 3.84. The zero-order chi connectivity index (χ0) is 19.8. The second-order valence-corrected chi connectivity index (χ2v) is 7.68. The summed E-state index contributed by atoms with van der Waals surface area (Å²) >= 11 is 0. The lowest BCUT2D eigenvalue weighted by atomic mass is 10.1. The first-order chi connectivity index (χ1) is 14.2. The Labute approximate surface area is 169 Å². The Bertz CT molecular complexity index is 1200. The van der Waals surface area contributed by atoms with Crippen molar-refractivity contribution in [1.29, 1.82) is 0 Å². The molecule has 0 saturated carbocycles. The molecule has 1 aliphatic heterocycles. The van der Waals surface area contributed by atoms with Crippen molar-refractivity contribution in [3.05, 3.63) is 77.2 Å². The van der Waals surface area contributed by atoms with Crippen LogP contribution in [0.4, 0.5) is 0 Å². The van der Waals surface area contributed by atoms with Crippen LogP contribution in [0.1, 0.15) is 18.9 Å². The van der Waals surface area contributed by atoms with E-state index >= 15 is 0 Å². The molecule has 146 valence electrons. The molecule has 1 saturated heterocycles. The van der Waals surface area contributed by atoms with E-state index in [1.54, 1.807) is 10.7 Å². The molecule has 5 rings (SSSR count). The molecule has 1 aromatic carbocycles. The van der Waals surface area contributed by atoms with E-state index in [2.05, 4.69) is 30.1 Å². The fourth-order valence-electron chi connectivity index (χ4n) is 4.05. The fraction of sp³-hybridized carbons (Fsp3) is 0.261. The molecule has 1 fully saturated rings. The lowest BCUT2D eigenvalue weighted by Gasteiger charge is -2.29. The van der Waals surface area contributed by atoms with E-state index in [4.69, 9.17) is 10.2 Å². The first-order valence-electron chi connectivity index (χ1n) is 10.0. The summed E-state index contributed by atoms with van der Waals surface area (Å²) in [6.45, 7) is 1.98. The van der Waals surface area contributed by atoms with Gasteiger partial charge in [0.1, 0.15) is 0 Å². The van der Waals surface area contributed by atoms with Crippen molar-refractivity contribution in [3.8, 4) is 22.5 Å². The van der Waals surface area contributed by atoms with Crippen molar-refractivity contribution < 1.29 is 0 Å². The highest BCUT2D eigenvalue weighted by Gasteiger charge is 2.21. The van der Waals surface area contributed by atoms with Gasteiger partial charge in [-0.05, 0) is 57.2 Å². The summed E-state index contributed by atoms with van der Waals surface area (Å²) in [5, 5.41) is 9.49. The number of piperidine rings is 1. The van der Waals surface area contributed by atoms with Crippen LogP contribution in [0.2, 0.25) is 0 Å². The number of aromatic nitrogens is 4. The van der Waals surface area contributed by atoms with Gasteiger partial charge in [-0.2, -0.15) is 10.2 Å². The average Bonchev–Trinajstić information content (AvgIpc) is 3.20. The fourth-order valence-corrected chi connectivity index (χ4v) is 4.05. The zero-order valence-corrected chi connectivity index (χ0v) is 16.4. The van der Waals surface area contributed by atoms with Gasteiger partial charge in [0.25, 0.3) is 5.56 Å². The predicted molar refractivity (Wildman–Crippen MR) is 114 cm³/mol. The predicted octanol–water partition coefficient (Wildman–Crippen LogP) is 3.49. The van der Waals surface area contributed by atoms with E-state index in [1.165, 1.54) is 0 Å². The third-order valence-electron chi connectivity index (χ3n) is 5.71. The Morgan fingerprint density at radius 2 is 1.69 bits per heavy atom. The van der Waals surface area contributed by atoms with Crippen molar-refractivity contribution in [3.63, 3.8) is 0 Å². The normalized spacial score (nSPS) is 15.8. The minimum atomic E-state index is -0.0336. The molecule has 0 spiro atoms. The molecular weight excluding hydrogens is 362 g/mol. The van der Waals surface area contributed by atoms with Crippen LogP contribution in [-0.2, 0) is 0 Å². The van der Waals surface area contributed by atoms with Gasteiger partial charge in [0.05, 0.1) is 22.9 Å². The summed E-state index contributed by atoms with van der Waals surface area (Å²) < 4.78 is 3.56. The van der Waals surface area contributed by atoms with Gasteiger partial charge in [0.2, 0.25) is 0 Å². The minimum absolute atomic E-state index is 0.0336. The van der Waals surface area contributed by atoms with Crippen molar-refractivity contribution in [2.75, 3.05) is 20.1 Å². The Hall–Kier alpha value is -3.25. The minimum Gasteiger partial charge on any atom is -0.306 e. The number of hydrogen-bond donors (Lipinski definition) is 0. The molecular formula is C23H23N5O. The summed E-state index contributed by atoms with van der Waals surface area (Å²) in [6, 6.07) is 19.8. The maximum atomic E-state index is 12.5. The molecule has 6 heteroatoms. The highest BCUT2D eigenvalue weighted by atomic mass is 16.1. The van der Waals surface area contributed by atoms with E-state index in [9.17, 15) is 4.79 Å². The second kappa shape index (κ2) is 7.29. The maximum absolute atomic E-state index is 12.5. The van der Waals surface area contributed by atoms with Crippen LogP contribution in [0.5, 0.6) is 0 Å². The van der Waals surface area contributed by atoms with Crippen LogP contribution in [0.25, 0.3) is 28.0 Å². The molecule has 0 atom stereocenters. The maximum Gasteiger partial charge on any atom is 0.267 e. The standard InChI is InChI=1S/C23H23N5O/c1-26-14-11-18(12-15-26)28-23(29)10-9-20(25-28)19-8-5-13-27-22(19)16-21(24-27)17-6-3-2-4-7-17/h2-10,13,16,18H,11-12,14-15H2,1H3. The average molecular weight is 385 g/mol. The Morgan fingerprint density at radius 1 is 0.897 bits per heavy atom. The molecule has 1 aliphatic rings. The molecule has 4 heterocycles. The zero-order valence-electron chi connectivity index (χ0n) is 16.4. The van der Waals surface area contributed by atoms with Crippen LogP contribution >= 0.6 is 0 Å². The van der Waals surface area contributed by atoms with Gasteiger partial charge in [0, 0.05) is 23.4 Å². The summed E-state index contributed by atoms with van der Waals surface area (Å²) in [4.78, 5) is 14.8. The third kappa shape index (κ3) is 3.36. The monoisotopic (exact) mass is 385 g/mol. The van der Waals surface area contributed by atoms with Gasteiger partial charge in [-0.25, -0.2) is 9.20 Å². The topological polar surface area (TPSA) is 55.4 Å². The van der Waals surface area contributed by atoms with E-state index in [0.29, 0.717) is 0 Å². The molecule has 0 bridgehead atoms. The Kier molecular flexibility index (Phi) is 4.48. The van der Waals surface area contributed by atoms with Crippen LogP contribution < -0.4 is 5.56 Å². The molecule has 0 radical (unpaired) electrons. The van der Waals surface area contributed by atoms with Crippen LogP contribution in [0, 0.1) is 0 Å². The molecule has 0 unspecified atom stereocenters. The van der Waals surface area contributed by atoms with Gasteiger partial charge in [-0.15, -0.1) is 0 Å². The Morgan fingerprint density at radius 3 is 2.48 bits per heavy atom. The SMILES string of the molecule is CN1CCC(n2nc(-c3cccn4nc(-c5ccccc5)cc34)ccc2=O)CC1. The quantitative estimate of drug-likeness (QED) is 0.542. The smallest absolute Gasteiger partial charge is 0.267 e. The molecule has 4 aromatic rings. The first-order valence-corrected chi connectivity index (χ1v) is 10.0. The van der Waals surface area contributed by atoms with Crippen molar-refractivity contribution in [2.24, 2.45) is 0 Å². The molecule has 0 N–H and O–H groups in total. The number of pyridine rings is 1. The molecule has 29 heavy (non-hydrogen) atoms. The third-order valence-corrected chi connectivity index (χ3v) is 5.71. The highest BCUT2D eigenvalue weighted by molar-refractivity contribution is 5.81. The molecule has 6 nitrogen and oxygen atoms in total. The van der Waals surface area contributed by atoms with E-state index in [1.807, 2.05) is 47.1 Å². The van der Waals surface area contributed by atoms with Crippen molar-refractivity contribution >= 4 is 5.52 Å². The largest absolute Gasteiger partial charge is 0.306 e. The van der Waals surface area contributed by atoms with E-state index in [-0.39, 0.29) is 11.6 Å². The second-order valence-electron chi connectivity index (χ2n) is 7.68. The Balaban J connectivity index is 1.58. The number of rotatable bonds is 3. The molecule has 0 aliphatic carbocycles. The van der Waals surface area contributed by atoms with Crippen LogP contribution in [0.15, 0.2) is 71.7 Å². The molecule has 0 amide bonds.